The summed E-state index contributed by atoms with van der Waals surface area (Å²) in [6, 6.07) is 1.70. The molecule has 2 N–H and O–H groups in total. The van der Waals surface area contributed by atoms with Gasteiger partial charge in [-0.2, -0.15) is 0 Å². The Morgan fingerprint density at radius 3 is 2.62 bits per heavy atom. The fourth-order valence-corrected chi connectivity index (χ4v) is 4.88. The van der Waals surface area contributed by atoms with Gasteiger partial charge in [0.25, 0.3) is 0 Å². The molecule has 92 valence electrons. The smallest absolute Gasteiger partial charge is 0.242 e. The molecule has 0 aliphatic rings. The van der Waals surface area contributed by atoms with E-state index in [0.29, 0.717) is 21.8 Å². The van der Waals surface area contributed by atoms with E-state index in [1.165, 1.54) is 11.3 Å². The largest absolute Gasteiger partial charge is 0.312 e. The first-order valence-electron chi connectivity index (χ1n) is 4.99. The Bertz CT molecular complexity index is 442. The highest BCUT2D eigenvalue weighted by atomic mass is 79.9. The lowest BCUT2D eigenvalue weighted by molar-refractivity contribution is 0.584. The molecule has 0 fully saturated rings. The summed E-state index contributed by atoms with van der Waals surface area (Å²) < 4.78 is 26.7. The summed E-state index contributed by atoms with van der Waals surface area (Å²) in [7, 11) is -3.36. The van der Waals surface area contributed by atoms with Gasteiger partial charge in [0, 0.05) is 18.0 Å². The standard InChI is InChI=1S/C9H15BrN2O2S2/c1-3-11-6-7-5-8(9(10)15-7)16(13,14)12-4-2/h5,11-12H,3-4,6H2,1-2H3. The fraction of sp³-hybridized carbons (Fsp3) is 0.556. The molecule has 0 aliphatic carbocycles. The molecule has 0 unspecified atom stereocenters. The van der Waals surface area contributed by atoms with Crippen molar-refractivity contribution in [1.82, 2.24) is 10.0 Å². The fourth-order valence-electron chi connectivity index (χ4n) is 1.18. The van der Waals surface area contributed by atoms with Gasteiger partial charge in [-0.1, -0.05) is 13.8 Å². The zero-order valence-electron chi connectivity index (χ0n) is 9.21. The second-order valence-corrected chi connectivity index (χ2v) is 7.32. The lowest BCUT2D eigenvalue weighted by Gasteiger charge is -2.01. The lowest BCUT2D eigenvalue weighted by Crippen LogP contribution is -2.22. The zero-order valence-corrected chi connectivity index (χ0v) is 12.4. The van der Waals surface area contributed by atoms with Crippen LogP contribution < -0.4 is 10.0 Å². The Morgan fingerprint density at radius 1 is 1.38 bits per heavy atom. The number of thiophene rings is 1. The van der Waals surface area contributed by atoms with Crippen molar-refractivity contribution in [2.45, 2.75) is 25.3 Å². The maximum atomic E-state index is 11.8. The van der Waals surface area contributed by atoms with Crippen molar-refractivity contribution < 1.29 is 8.42 Å². The van der Waals surface area contributed by atoms with Crippen molar-refractivity contribution in [2.75, 3.05) is 13.1 Å². The molecule has 1 aromatic heterocycles. The quantitative estimate of drug-likeness (QED) is 0.839. The number of hydrogen-bond acceptors (Lipinski definition) is 4. The van der Waals surface area contributed by atoms with Crippen LogP contribution in [0.15, 0.2) is 14.7 Å². The molecule has 7 heteroatoms. The average molecular weight is 327 g/mol. The first-order valence-corrected chi connectivity index (χ1v) is 8.09. The van der Waals surface area contributed by atoms with Gasteiger partial charge in [-0.05, 0) is 28.5 Å². The minimum Gasteiger partial charge on any atom is -0.312 e. The predicted molar refractivity (Wildman–Crippen MR) is 70.3 cm³/mol. The average Bonchev–Trinajstić information content (AvgIpc) is 2.57. The highest BCUT2D eigenvalue weighted by Gasteiger charge is 2.19. The first-order chi connectivity index (χ1) is 7.51. The third-order valence-corrected chi connectivity index (χ3v) is 5.68. The van der Waals surface area contributed by atoms with Gasteiger partial charge in [-0.15, -0.1) is 11.3 Å². The van der Waals surface area contributed by atoms with E-state index in [4.69, 9.17) is 0 Å². The van der Waals surface area contributed by atoms with E-state index in [9.17, 15) is 8.42 Å². The van der Waals surface area contributed by atoms with Gasteiger partial charge >= 0.3 is 0 Å². The molecule has 0 amide bonds. The summed E-state index contributed by atoms with van der Waals surface area (Å²) in [5.74, 6) is 0. The van der Waals surface area contributed by atoms with Crippen LogP contribution in [-0.4, -0.2) is 21.5 Å². The molecular weight excluding hydrogens is 312 g/mol. The number of nitrogens with one attached hydrogen (secondary N) is 2. The van der Waals surface area contributed by atoms with Crippen LogP contribution in [0.25, 0.3) is 0 Å². The highest BCUT2D eigenvalue weighted by Crippen LogP contribution is 2.31. The Balaban J connectivity index is 2.93. The van der Waals surface area contributed by atoms with Crippen LogP contribution in [-0.2, 0) is 16.6 Å². The molecule has 0 bridgehead atoms. The summed E-state index contributed by atoms with van der Waals surface area (Å²) in [6.45, 7) is 5.73. The van der Waals surface area contributed by atoms with Crippen molar-refractivity contribution in [3.05, 3.63) is 14.7 Å². The van der Waals surface area contributed by atoms with Crippen LogP contribution >= 0.6 is 27.3 Å². The van der Waals surface area contributed by atoms with Crippen molar-refractivity contribution in [3.8, 4) is 0 Å². The van der Waals surface area contributed by atoms with Crippen LogP contribution in [0.1, 0.15) is 18.7 Å². The van der Waals surface area contributed by atoms with Gasteiger partial charge in [0.05, 0.1) is 3.79 Å². The predicted octanol–water partition coefficient (Wildman–Crippen LogP) is 1.92. The third-order valence-electron chi connectivity index (χ3n) is 1.88. The molecule has 0 aliphatic heterocycles. The molecule has 0 aromatic carbocycles. The van der Waals surface area contributed by atoms with E-state index in [0.717, 1.165) is 11.4 Å². The molecule has 0 radical (unpaired) electrons. The van der Waals surface area contributed by atoms with Crippen molar-refractivity contribution in [2.24, 2.45) is 0 Å². The van der Waals surface area contributed by atoms with Crippen LogP contribution in [0.3, 0.4) is 0 Å². The van der Waals surface area contributed by atoms with E-state index in [-0.39, 0.29) is 0 Å². The highest BCUT2D eigenvalue weighted by molar-refractivity contribution is 9.11. The maximum Gasteiger partial charge on any atom is 0.242 e. The van der Waals surface area contributed by atoms with E-state index in [1.807, 2.05) is 6.92 Å². The van der Waals surface area contributed by atoms with Crippen LogP contribution in [0.2, 0.25) is 0 Å². The zero-order chi connectivity index (χ0) is 12.2. The van der Waals surface area contributed by atoms with E-state index >= 15 is 0 Å². The van der Waals surface area contributed by atoms with Gasteiger partial charge in [-0.3, -0.25) is 0 Å². The number of halogens is 1. The second-order valence-electron chi connectivity index (χ2n) is 3.13. The number of hydrogen-bond donors (Lipinski definition) is 2. The minimum atomic E-state index is -3.36. The normalized spacial score (nSPS) is 11.9. The van der Waals surface area contributed by atoms with Crippen LogP contribution in [0.4, 0.5) is 0 Å². The monoisotopic (exact) mass is 326 g/mol. The summed E-state index contributed by atoms with van der Waals surface area (Å²) in [4.78, 5) is 1.33. The SMILES string of the molecule is CCNCc1cc(S(=O)(=O)NCC)c(Br)s1. The minimum absolute atomic E-state index is 0.326. The molecule has 0 spiro atoms. The Kier molecular flexibility index (Phi) is 5.39. The Hall–Kier alpha value is 0.0500. The summed E-state index contributed by atoms with van der Waals surface area (Å²) in [5.41, 5.74) is 0. The van der Waals surface area contributed by atoms with Gasteiger partial charge in [0.1, 0.15) is 4.90 Å². The summed E-state index contributed by atoms with van der Waals surface area (Å²) >= 11 is 4.73. The second kappa shape index (κ2) is 6.11. The van der Waals surface area contributed by atoms with Gasteiger partial charge in [0.2, 0.25) is 10.0 Å². The molecular formula is C9H15BrN2O2S2. The van der Waals surface area contributed by atoms with Crippen molar-refractivity contribution in [1.29, 1.82) is 0 Å². The summed E-state index contributed by atoms with van der Waals surface area (Å²) in [5, 5.41) is 3.16. The third kappa shape index (κ3) is 3.53. The Labute approximate surface area is 109 Å². The van der Waals surface area contributed by atoms with Crippen LogP contribution in [0.5, 0.6) is 0 Å². The molecule has 4 nitrogen and oxygen atoms in total. The van der Waals surface area contributed by atoms with Crippen LogP contribution in [0, 0.1) is 0 Å². The van der Waals surface area contributed by atoms with Crippen molar-refractivity contribution in [3.63, 3.8) is 0 Å². The molecule has 16 heavy (non-hydrogen) atoms. The van der Waals surface area contributed by atoms with Gasteiger partial charge < -0.3 is 5.32 Å². The molecule has 0 saturated carbocycles. The summed E-state index contributed by atoms with van der Waals surface area (Å²) in [6.07, 6.45) is 0. The first kappa shape index (κ1) is 14.1. The van der Waals surface area contributed by atoms with E-state index in [2.05, 4.69) is 26.0 Å². The van der Waals surface area contributed by atoms with E-state index in [1.54, 1.807) is 13.0 Å². The lowest BCUT2D eigenvalue weighted by atomic mass is 10.4. The molecule has 0 atom stereocenters. The molecule has 1 aromatic rings. The maximum absolute atomic E-state index is 11.8. The number of sulfonamides is 1. The van der Waals surface area contributed by atoms with E-state index < -0.39 is 10.0 Å². The van der Waals surface area contributed by atoms with Gasteiger partial charge in [-0.25, -0.2) is 13.1 Å². The van der Waals surface area contributed by atoms with Crippen molar-refractivity contribution >= 4 is 37.3 Å². The molecule has 0 saturated heterocycles. The Morgan fingerprint density at radius 2 is 2.06 bits per heavy atom. The molecule has 1 rings (SSSR count). The van der Waals surface area contributed by atoms with Gasteiger partial charge in [0.15, 0.2) is 0 Å². The molecule has 1 heterocycles. The topological polar surface area (TPSA) is 58.2 Å². The number of rotatable bonds is 6.